The zero-order valence-corrected chi connectivity index (χ0v) is 15.0. The minimum Gasteiger partial charge on any atom is -0.489 e. The molecule has 0 saturated carbocycles. The van der Waals surface area contributed by atoms with Crippen LogP contribution in [0.15, 0.2) is 77.9 Å². The van der Waals surface area contributed by atoms with Crippen molar-refractivity contribution >= 4 is 23.7 Å². The maximum Gasteiger partial charge on any atom is 0.271 e. The number of nitrogens with one attached hydrogen (secondary N) is 1. The molecule has 0 spiro atoms. The second kappa shape index (κ2) is 8.96. The number of amides is 1. The van der Waals surface area contributed by atoms with Gasteiger partial charge in [0.25, 0.3) is 5.91 Å². The number of benzene rings is 3. The van der Waals surface area contributed by atoms with Gasteiger partial charge in [-0.2, -0.15) is 5.10 Å². The van der Waals surface area contributed by atoms with Crippen LogP contribution in [0.25, 0.3) is 0 Å². The fourth-order valence-electron chi connectivity index (χ4n) is 2.29. The number of hydrogen-bond acceptors (Lipinski definition) is 3. The van der Waals surface area contributed by atoms with Gasteiger partial charge in [-0.05, 0) is 54.1 Å². The molecular formula is C21H16ClFN2O2. The van der Waals surface area contributed by atoms with Crippen molar-refractivity contribution in [3.8, 4) is 5.75 Å². The molecule has 3 rings (SSSR count). The molecule has 4 nitrogen and oxygen atoms in total. The van der Waals surface area contributed by atoms with E-state index in [-0.39, 0.29) is 5.56 Å². The van der Waals surface area contributed by atoms with Gasteiger partial charge in [-0.1, -0.05) is 35.9 Å². The highest BCUT2D eigenvalue weighted by molar-refractivity contribution is 6.31. The summed E-state index contributed by atoms with van der Waals surface area (Å²) in [4.78, 5) is 11.9. The van der Waals surface area contributed by atoms with Gasteiger partial charge in [-0.25, -0.2) is 9.82 Å². The number of halogens is 2. The van der Waals surface area contributed by atoms with Crippen LogP contribution < -0.4 is 10.2 Å². The first-order valence-electron chi connectivity index (χ1n) is 8.17. The summed E-state index contributed by atoms with van der Waals surface area (Å²) in [6.07, 6.45) is 1.50. The molecule has 3 aromatic rings. The molecule has 3 aromatic carbocycles. The van der Waals surface area contributed by atoms with E-state index in [9.17, 15) is 9.18 Å². The minimum absolute atomic E-state index is 0.204. The molecule has 0 radical (unpaired) electrons. The molecule has 0 atom stereocenters. The summed E-state index contributed by atoms with van der Waals surface area (Å²) < 4.78 is 18.8. The fraction of sp³-hybridized carbons (Fsp3) is 0.0476. The van der Waals surface area contributed by atoms with E-state index in [4.69, 9.17) is 16.3 Å². The van der Waals surface area contributed by atoms with E-state index < -0.39 is 11.7 Å². The molecule has 0 aliphatic carbocycles. The number of nitrogens with zero attached hydrogens (tertiary/aromatic N) is 1. The summed E-state index contributed by atoms with van der Waals surface area (Å²) >= 11 is 6.10. The number of hydrogen-bond donors (Lipinski definition) is 1. The Bertz CT molecular complexity index is 958. The molecule has 1 N–H and O–H groups in total. The van der Waals surface area contributed by atoms with Crippen molar-refractivity contribution in [1.82, 2.24) is 5.43 Å². The minimum atomic E-state index is -0.481. The molecule has 0 saturated heterocycles. The van der Waals surface area contributed by atoms with E-state index in [1.807, 2.05) is 24.3 Å². The van der Waals surface area contributed by atoms with Gasteiger partial charge in [-0.3, -0.25) is 4.79 Å². The third-order valence-corrected chi connectivity index (χ3v) is 4.07. The summed E-state index contributed by atoms with van der Waals surface area (Å²) in [6, 6.07) is 20.1. The Hall–Kier alpha value is -3.18. The average Bonchev–Trinajstić information content (AvgIpc) is 2.68. The van der Waals surface area contributed by atoms with E-state index in [0.29, 0.717) is 17.4 Å². The summed E-state index contributed by atoms with van der Waals surface area (Å²) in [5, 5.41) is 4.54. The topological polar surface area (TPSA) is 50.7 Å². The van der Waals surface area contributed by atoms with Crippen LogP contribution in [0.5, 0.6) is 5.75 Å². The van der Waals surface area contributed by atoms with Crippen molar-refractivity contribution in [2.24, 2.45) is 5.10 Å². The molecule has 27 heavy (non-hydrogen) atoms. The quantitative estimate of drug-likeness (QED) is 0.490. The van der Waals surface area contributed by atoms with E-state index >= 15 is 0 Å². The number of carbonyl (C=O) groups excluding carboxylic acids is 1. The van der Waals surface area contributed by atoms with E-state index in [1.54, 1.807) is 24.3 Å². The van der Waals surface area contributed by atoms with Crippen LogP contribution >= 0.6 is 11.6 Å². The van der Waals surface area contributed by atoms with Gasteiger partial charge >= 0.3 is 0 Å². The van der Waals surface area contributed by atoms with Crippen LogP contribution in [0.1, 0.15) is 21.5 Å². The van der Waals surface area contributed by atoms with E-state index in [0.717, 1.165) is 17.2 Å². The van der Waals surface area contributed by atoms with Gasteiger partial charge in [0.05, 0.1) is 6.21 Å². The highest BCUT2D eigenvalue weighted by Gasteiger charge is 2.04. The van der Waals surface area contributed by atoms with Crippen LogP contribution in [0.4, 0.5) is 4.39 Å². The van der Waals surface area contributed by atoms with Crippen LogP contribution in [0.3, 0.4) is 0 Å². The van der Waals surface area contributed by atoms with Gasteiger partial charge in [0.1, 0.15) is 18.2 Å². The first-order chi connectivity index (χ1) is 13.1. The average molecular weight is 383 g/mol. The van der Waals surface area contributed by atoms with Crippen molar-refractivity contribution in [1.29, 1.82) is 0 Å². The third-order valence-electron chi connectivity index (χ3n) is 3.70. The van der Waals surface area contributed by atoms with E-state index in [1.165, 1.54) is 24.4 Å². The Balaban J connectivity index is 1.53. The Labute approximate surface area is 161 Å². The molecule has 6 heteroatoms. The molecule has 136 valence electrons. The second-order valence-corrected chi connectivity index (χ2v) is 6.07. The molecule has 0 aromatic heterocycles. The predicted octanol–water partition coefficient (Wildman–Crippen LogP) is 4.82. The lowest BCUT2D eigenvalue weighted by Crippen LogP contribution is -2.17. The fourth-order valence-corrected chi connectivity index (χ4v) is 2.48. The highest BCUT2D eigenvalue weighted by atomic mass is 35.5. The van der Waals surface area contributed by atoms with Crippen LogP contribution in [0, 0.1) is 5.82 Å². The highest BCUT2D eigenvalue weighted by Crippen LogP contribution is 2.18. The Morgan fingerprint density at radius 3 is 2.59 bits per heavy atom. The van der Waals surface area contributed by atoms with Crippen LogP contribution in [-0.2, 0) is 6.61 Å². The van der Waals surface area contributed by atoms with E-state index in [2.05, 4.69) is 10.5 Å². The number of hydrazone groups is 1. The molecule has 0 unspecified atom stereocenters. The van der Waals surface area contributed by atoms with Gasteiger partial charge in [0, 0.05) is 16.1 Å². The molecule has 0 bridgehead atoms. The maximum atomic E-state index is 13.1. The largest absolute Gasteiger partial charge is 0.489 e. The lowest BCUT2D eigenvalue weighted by Gasteiger charge is -2.07. The van der Waals surface area contributed by atoms with Crippen LogP contribution in [0.2, 0.25) is 5.02 Å². The van der Waals surface area contributed by atoms with Crippen molar-refractivity contribution in [2.75, 3.05) is 0 Å². The summed E-state index contributed by atoms with van der Waals surface area (Å²) in [5.41, 5.74) is 4.25. The number of carbonyl (C=O) groups is 1. The first-order valence-corrected chi connectivity index (χ1v) is 8.55. The lowest BCUT2D eigenvalue weighted by atomic mass is 10.2. The summed E-state index contributed by atoms with van der Waals surface area (Å²) in [7, 11) is 0. The smallest absolute Gasteiger partial charge is 0.271 e. The Kier molecular flexibility index (Phi) is 6.18. The predicted molar refractivity (Wildman–Crippen MR) is 104 cm³/mol. The Morgan fingerprint density at radius 2 is 1.85 bits per heavy atom. The molecule has 0 aliphatic rings. The van der Waals surface area contributed by atoms with Gasteiger partial charge in [-0.15, -0.1) is 0 Å². The van der Waals surface area contributed by atoms with Gasteiger partial charge in [0.2, 0.25) is 0 Å². The van der Waals surface area contributed by atoms with Crippen molar-refractivity contribution in [3.05, 3.63) is 100 Å². The normalized spacial score (nSPS) is 10.7. The standard InChI is InChI=1S/C21H16ClFN2O2/c22-20-7-2-1-4-17(20)14-27-19-10-8-15(9-11-19)13-24-25-21(26)16-5-3-6-18(23)12-16/h1-13H,14H2,(H,25,26)/b24-13+. The monoisotopic (exact) mass is 382 g/mol. The van der Waals surface area contributed by atoms with Gasteiger partial charge < -0.3 is 4.74 Å². The lowest BCUT2D eigenvalue weighted by molar-refractivity contribution is 0.0954. The Morgan fingerprint density at radius 1 is 1.07 bits per heavy atom. The molecule has 1 amide bonds. The molecule has 0 heterocycles. The van der Waals surface area contributed by atoms with Crippen molar-refractivity contribution < 1.29 is 13.9 Å². The zero-order chi connectivity index (χ0) is 19.1. The first kappa shape index (κ1) is 18.6. The zero-order valence-electron chi connectivity index (χ0n) is 14.2. The van der Waals surface area contributed by atoms with Gasteiger partial charge in [0.15, 0.2) is 0 Å². The number of rotatable bonds is 6. The second-order valence-electron chi connectivity index (χ2n) is 5.66. The maximum absolute atomic E-state index is 13.1. The SMILES string of the molecule is O=C(N/N=C/c1ccc(OCc2ccccc2Cl)cc1)c1cccc(F)c1. The van der Waals surface area contributed by atoms with Crippen LogP contribution in [-0.4, -0.2) is 12.1 Å². The molecule has 0 aliphatic heterocycles. The number of ether oxygens (including phenoxy) is 1. The molecular weight excluding hydrogens is 367 g/mol. The summed E-state index contributed by atoms with van der Waals surface area (Å²) in [6.45, 7) is 0.372. The summed E-state index contributed by atoms with van der Waals surface area (Å²) in [5.74, 6) is -0.264. The van der Waals surface area contributed by atoms with Crippen molar-refractivity contribution in [3.63, 3.8) is 0 Å². The van der Waals surface area contributed by atoms with Crippen molar-refractivity contribution in [2.45, 2.75) is 6.61 Å². The third kappa shape index (κ3) is 5.39. The molecule has 0 fully saturated rings.